The van der Waals surface area contributed by atoms with Crippen LogP contribution in [-0.4, -0.2) is 22.5 Å². The Kier molecular flexibility index (Phi) is 2.15. The number of Topliss-reactive ketones (excluding diaryl/α,β-unsaturated/α-hetero) is 1. The highest BCUT2D eigenvalue weighted by molar-refractivity contribution is 9.10. The van der Waals surface area contributed by atoms with Crippen molar-refractivity contribution in [2.24, 2.45) is 0 Å². The number of benzene rings is 1. The lowest BCUT2D eigenvalue weighted by Crippen LogP contribution is -2.39. The monoisotopic (exact) mass is 272 g/mol. The molecule has 0 saturated carbocycles. The van der Waals surface area contributed by atoms with Crippen molar-refractivity contribution < 1.29 is 19.1 Å². The maximum absolute atomic E-state index is 13.8. The summed E-state index contributed by atoms with van der Waals surface area (Å²) in [5, 5.41) is 8.68. The van der Waals surface area contributed by atoms with Crippen LogP contribution in [0.1, 0.15) is 15.9 Å². The molecule has 0 heterocycles. The van der Waals surface area contributed by atoms with Crippen LogP contribution in [0.25, 0.3) is 0 Å². The summed E-state index contributed by atoms with van der Waals surface area (Å²) < 4.78 is 14.5. The maximum Gasteiger partial charge on any atom is 0.350 e. The van der Waals surface area contributed by atoms with Crippen LogP contribution in [0, 0.1) is 0 Å². The summed E-state index contributed by atoms with van der Waals surface area (Å²) >= 11 is 3.18. The van der Waals surface area contributed by atoms with Gasteiger partial charge in [-0.2, -0.15) is 0 Å². The van der Waals surface area contributed by atoms with E-state index < -0.39 is 23.8 Å². The lowest BCUT2D eigenvalue weighted by molar-refractivity contribution is -0.147. The van der Waals surface area contributed by atoms with E-state index in [-0.39, 0.29) is 5.56 Å². The fourth-order valence-electron chi connectivity index (χ4n) is 1.66. The third-order valence-corrected chi connectivity index (χ3v) is 2.94. The zero-order valence-corrected chi connectivity index (χ0v) is 9.04. The quantitative estimate of drug-likeness (QED) is 0.796. The normalized spacial score (nSPS) is 24.0. The number of fused-ring (bicyclic) bond motifs is 1. The van der Waals surface area contributed by atoms with E-state index >= 15 is 0 Å². The van der Waals surface area contributed by atoms with Gasteiger partial charge in [0.25, 0.3) is 5.67 Å². The molecular weight excluding hydrogens is 267 g/mol. The molecule has 0 aromatic heterocycles. The van der Waals surface area contributed by atoms with Crippen LogP contribution < -0.4 is 0 Å². The second-order valence-electron chi connectivity index (χ2n) is 3.41. The summed E-state index contributed by atoms with van der Waals surface area (Å²) in [5.41, 5.74) is -2.20. The summed E-state index contributed by atoms with van der Waals surface area (Å²) in [4.78, 5) is 22.2. The average molecular weight is 273 g/mol. The summed E-state index contributed by atoms with van der Waals surface area (Å²) in [6, 6.07) is 4.59. The third kappa shape index (κ3) is 1.38. The van der Waals surface area contributed by atoms with Crippen LogP contribution in [0.3, 0.4) is 0 Å². The van der Waals surface area contributed by atoms with Crippen LogP contribution in [0.2, 0.25) is 0 Å². The molecule has 1 atom stereocenters. The van der Waals surface area contributed by atoms with E-state index in [0.717, 1.165) is 0 Å². The van der Waals surface area contributed by atoms with Crippen molar-refractivity contribution >= 4 is 27.7 Å². The van der Waals surface area contributed by atoms with E-state index in [4.69, 9.17) is 5.11 Å². The van der Waals surface area contributed by atoms with Crippen molar-refractivity contribution in [3.05, 3.63) is 33.8 Å². The molecule has 1 aliphatic rings. The number of alkyl halides is 1. The fraction of sp³-hybridized carbons (Fsp3) is 0.200. The molecule has 1 aromatic carbocycles. The molecule has 1 unspecified atom stereocenters. The molecule has 78 valence electrons. The van der Waals surface area contributed by atoms with Crippen LogP contribution >= 0.6 is 15.9 Å². The van der Waals surface area contributed by atoms with Crippen LogP contribution in [0.4, 0.5) is 4.39 Å². The SMILES string of the molecule is O=C(O)C1(F)Cc2cc(Br)ccc2C1=O. The van der Waals surface area contributed by atoms with Crippen molar-refractivity contribution in [2.45, 2.75) is 12.1 Å². The first-order chi connectivity index (χ1) is 6.95. The van der Waals surface area contributed by atoms with E-state index in [1.54, 1.807) is 12.1 Å². The number of hydrogen-bond donors (Lipinski definition) is 1. The highest BCUT2D eigenvalue weighted by Gasteiger charge is 2.52. The molecule has 15 heavy (non-hydrogen) atoms. The van der Waals surface area contributed by atoms with E-state index in [1.807, 2.05) is 0 Å². The first-order valence-electron chi connectivity index (χ1n) is 4.20. The smallest absolute Gasteiger partial charge is 0.350 e. The molecule has 0 bridgehead atoms. The van der Waals surface area contributed by atoms with Gasteiger partial charge in [0.05, 0.1) is 0 Å². The molecule has 0 fully saturated rings. The predicted molar refractivity (Wildman–Crippen MR) is 53.7 cm³/mol. The summed E-state index contributed by atoms with van der Waals surface area (Å²) in [5.74, 6) is -2.68. The van der Waals surface area contributed by atoms with Gasteiger partial charge in [0, 0.05) is 16.5 Å². The molecule has 0 saturated heterocycles. The number of carbonyl (C=O) groups excluding carboxylic acids is 1. The Morgan fingerprint density at radius 2 is 2.20 bits per heavy atom. The molecular formula is C10H6BrFO3. The molecule has 2 rings (SSSR count). The van der Waals surface area contributed by atoms with Crippen molar-refractivity contribution in [3.8, 4) is 0 Å². The first-order valence-corrected chi connectivity index (χ1v) is 5.00. The highest BCUT2D eigenvalue weighted by Crippen LogP contribution is 2.34. The second-order valence-corrected chi connectivity index (χ2v) is 4.33. The van der Waals surface area contributed by atoms with E-state index in [1.165, 1.54) is 6.07 Å². The minimum Gasteiger partial charge on any atom is -0.479 e. The molecule has 5 heteroatoms. The van der Waals surface area contributed by atoms with Gasteiger partial charge >= 0.3 is 5.97 Å². The fourth-order valence-corrected chi connectivity index (χ4v) is 2.07. The van der Waals surface area contributed by atoms with E-state index in [0.29, 0.717) is 10.0 Å². The number of halogens is 2. The average Bonchev–Trinajstić information content (AvgIpc) is 2.40. The van der Waals surface area contributed by atoms with Crippen LogP contribution in [-0.2, 0) is 11.2 Å². The van der Waals surface area contributed by atoms with Crippen molar-refractivity contribution in [1.82, 2.24) is 0 Å². The zero-order valence-electron chi connectivity index (χ0n) is 7.46. The van der Waals surface area contributed by atoms with Gasteiger partial charge in [-0.1, -0.05) is 15.9 Å². The first kappa shape index (κ1) is 10.3. The van der Waals surface area contributed by atoms with Gasteiger partial charge in [-0.05, 0) is 23.8 Å². The van der Waals surface area contributed by atoms with Crippen LogP contribution in [0.5, 0.6) is 0 Å². The van der Waals surface area contributed by atoms with Gasteiger partial charge in [0.1, 0.15) is 0 Å². The van der Waals surface area contributed by atoms with Gasteiger partial charge < -0.3 is 5.11 Å². The molecule has 1 aliphatic carbocycles. The lowest BCUT2D eigenvalue weighted by atomic mass is 10.0. The second kappa shape index (κ2) is 3.13. The largest absolute Gasteiger partial charge is 0.479 e. The Morgan fingerprint density at radius 3 is 2.80 bits per heavy atom. The standard InChI is InChI=1S/C10H6BrFO3/c11-6-1-2-7-5(3-6)4-10(12,8(7)13)9(14)15/h1-3H,4H2,(H,14,15). The number of carbonyl (C=O) groups is 2. The Morgan fingerprint density at radius 1 is 1.53 bits per heavy atom. The van der Waals surface area contributed by atoms with Gasteiger partial charge in [0.15, 0.2) is 0 Å². The van der Waals surface area contributed by atoms with E-state index in [2.05, 4.69) is 15.9 Å². The number of rotatable bonds is 1. The Hall–Kier alpha value is -1.23. The van der Waals surface area contributed by atoms with Gasteiger partial charge in [-0.25, -0.2) is 9.18 Å². The predicted octanol–water partition coefficient (Wildman–Crippen LogP) is 1.98. The molecule has 0 spiro atoms. The summed E-state index contributed by atoms with van der Waals surface area (Å²) in [7, 11) is 0. The Balaban J connectivity index is 2.55. The minimum atomic E-state index is -2.79. The molecule has 0 radical (unpaired) electrons. The third-order valence-electron chi connectivity index (χ3n) is 2.44. The zero-order chi connectivity index (χ0) is 11.2. The molecule has 0 amide bonds. The molecule has 3 nitrogen and oxygen atoms in total. The number of ketones is 1. The van der Waals surface area contributed by atoms with Crippen molar-refractivity contribution in [1.29, 1.82) is 0 Å². The van der Waals surface area contributed by atoms with Gasteiger partial charge in [0.2, 0.25) is 5.78 Å². The minimum absolute atomic E-state index is 0.156. The summed E-state index contributed by atoms with van der Waals surface area (Å²) in [6.07, 6.45) is -0.393. The van der Waals surface area contributed by atoms with Gasteiger partial charge in [-0.15, -0.1) is 0 Å². The van der Waals surface area contributed by atoms with Crippen LogP contribution in [0.15, 0.2) is 22.7 Å². The van der Waals surface area contributed by atoms with E-state index in [9.17, 15) is 14.0 Å². The molecule has 1 aromatic rings. The Bertz CT molecular complexity index is 472. The molecule has 0 aliphatic heterocycles. The Labute approximate surface area is 93.0 Å². The summed E-state index contributed by atoms with van der Waals surface area (Å²) in [6.45, 7) is 0. The number of hydrogen-bond acceptors (Lipinski definition) is 2. The number of aliphatic carboxylic acids is 1. The van der Waals surface area contributed by atoms with Gasteiger partial charge in [-0.3, -0.25) is 4.79 Å². The van der Waals surface area contributed by atoms with Crippen molar-refractivity contribution in [2.75, 3.05) is 0 Å². The number of carboxylic acid groups (broad SMARTS) is 1. The highest BCUT2D eigenvalue weighted by atomic mass is 79.9. The lowest BCUT2D eigenvalue weighted by Gasteiger charge is -2.09. The molecule has 1 N–H and O–H groups in total. The topological polar surface area (TPSA) is 54.4 Å². The number of carboxylic acids is 1. The van der Waals surface area contributed by atoms with Crippen molar-refractivity contribution in [3.63, 3.8) is 0 Å². The maximum atomic E-state index is 13.8.